The van der Waals surface area contributed by atoms with E-state index in [2.05, 4.69) is 37.7 Å². The van der Waals surface area contributed by atoms with E-state index >= 15 is 0 Å². The van der Waals surface area contributed by atoms with E-state index in [1.807, 2.05) is 0 Å². The van der Waals surface area contributed by atoms with Gasteiger partial charge < -0.3 is 10.6 Å². The maximum atomic E-state index is 6.10. The molecule has 2 unspecified atom stereocenters. The van der Waals surface area contributed by atoms with Crippen LogP contribution in [0.15, 0.2) is 17.0 Å². The molecule has 16 heavy (non-hydrogen) atoms. The molecule has 1 aromatic heterocycles. The number of halogens is 1. The molecule has 0 aromatic carbocycles. The number of nitrogens with two attached hydrogens (primary N) is 1. The molecule has 0 aliphatic carbocycles. The Hall–Kier alpha value is -0.680. The van der Waals surface area contributed by atoms with Crippen LogP contribution in [-0.4, -0.2) is 29.1 Å². The Morgan fingerprint density at radius 3 is 3.12 bits per heavy atom. The molecule has 1 saturated heterocycles. The van der Waals surface area contributed by atoms with Crippen molar-refractivity contribution in [3.8, 4) is 0 Å². The number of hydrogen-bond donors (Lipinski definition) is 1. The first-order chi connectivity index (χ1) is 7.72. The molecule has 1 aromatic rings. The van der Waals surface area contributed by atoms with Gasteiger partial charge in [0.1, 0.15) is 12.1 Å². The molecule has 1 aliphatic rings. The first-order valence-corrected chi connectivity index (χ1v) is 6.47. The SMILES string of the molecule is CCC1CN(c2ncncc2Br)CCC1N. The minimum Gasteiger partial charge on any atom is -0.355 e. The highest BCUT2D eigenvalue weighted by atomic mass is 79.9. The van der Waals surface area contributed by atoms with Gasteiger partial charge in [0.05, 0.1) is 4.47 Å². The molecule has 0 spiro atoms. The van der Waals surface area contributed by atoms with E-state index in [0.717, 1.165) is 36.2 Å². The third kappa shape index (κ3) is 2.35. The minimum absolute atomic E-state index is 0.335. The molecule has 4 nitrogen and oxygen atoms in total. The van der Waals surface area contributed by atoms with Crippen molar-refractivity contribution >= 4 is 21.7 Å². The van der Waals surface area contributed by atoms with Crippen molar-refractivity contribution in [2.45, 2.75) is 25.8 Å². The zero-order valence-electron chi connectivity index (χ0n) is 9.43. The molecule has 2 heterocycles. The van der Waals surface area contributed by atoms with E-state index in [0.29, 0.717) is 12.0 Å². The molecule has 2 atom stereocenters. The second-order valence-electron chi connectivity index (χ2n) is 4.26. The van der Waals surface area contributed by atoms with E-state index in [1.165, 1.54) is 0 Å². The number of piperidine rings is 1. The van der Waals surface area contributed by atoms with Crippen molar-refractivity contribution in [1.82, 2.24) is 9.97 Å². The van der Waals surface area contributed by atoms with Crippen LogP contribution in [0.1, 0.15) is 19.8 Å². The van der Waals surface area contributed by atoms with Crippen LogP contribution in [0.2, 0.25) is 0 Å². The largest absolute Gasteiger partial charge is 0.355 e. The highest BCUT2D eigenvalue weighted by molar-refractivity contribution is 9.10. The van der Waals surface area contributed by atoms with Crippen LogP contribution in [0.4, 0.5) is 5.82 Å². The fourth-order valence-electron chi connectivity index (χ4n) is 2.21. The van der Waals surface area contributed by atoms with Crippen molar-refractivity contribution in [2.75, 3.05) is 18.0 Å². The molecule has 0 amide bonds. The summed E-state index contributed by atoms with van der Waals surface area (Å²) in [7, 11) is 0. The van der Waals surface area contributed by atoms with Gasteiger partial charge in [-0.15, -0.1) is 0 Å². The Morgan fingerprint density at radius 1 is 1.62 bits per heavy atom. The molecule has 1 fully saturated rings. The summed E-state index contributed by atoms with van der Waals surface area (Å²) in [5, 5.41) is 0. The Morgan fingerprint density at radius 2 is 2.44 bits per heavy atom. The Labute approximate surface area is 104 Å². The van der Waals surface area contributed by atoms with Crippen molar-refractivity contribution in [2.24, 2.45) is 11.7 Å². The highest BCUT2D eigenvalue weighted by Gasteiger charge is 2.26. The van der Waals surface area contributed by atoms with Gasteiger partial charge in [-0.3, -0.25) is 0 Å². The van der Waals surface area contributed by atoms with Gasteiger partial charge >= 0.3 is 0 Å². The molecule has 5 heteroatoms. The normalized spacial score (nSPS) is 25.8. The average Bonchev–Trinajstić information content (AvgIpc) is 2.31. The topological polar surface area (TPSA) is 55.0 Å². The average molecular weight is 285 g/mol. The fourth-order valence-corrected chi connectivity index (χ4v) is 2.68. The summed E-state index contributed by atoms with van der Waals surface area (Å²) in [5.41, 5.74) is 6.10. The maximum absolute atomic E-state index is 6.10. The lowest BCUT2D eigenvalue weighted by atomic mass is 9.91. The third-order valence-electron chi connectivity index (χ3n) is 3.26. The summed E-state index contributed by atoms with van der Waals surface area (Å²) in [5.74, 6) is 1.55. The number of nitrogens with zero attached hydrogens (tertiary/aromatic N) is 3. The number of hydrogen-bond acceptors (Lipinski definition) is 4. The van der Waals surface area contributed by atoms with Gasteiger partial charge in [-0.2, -0.15) is 0 Å². The quantitative estimate of drug-likeness (QED) is 0.900. The predicted octanol–water partition coefficient (Wildman–Crippen LogP) is 1.80. The zero-order valence-corrected chi connectivity index (χ0v) is 11.0. The van der Waals surface area contributed by atoms with Gasteiger partial charge in [0.15, 0.2) is 0 Å². The lowest BCUT2D eigenvalue weighted by Gasteiger charge is -2.37. The number of anilines is 1. The summed E-state index contributed by atoms with van der Waals surface area (Å²) in [6.07, 6.45) is 5.54. The Balaban J connectivity index is 2.14. The first-order valence-electron chi connectivity index (χ1n) is 5.68. The van der Waals surface area contributed by atoms with Gasteiger partial charge in [-0.05, 0) is 28.3 Å². The maximum Gasteiger partial charge on any atom is 0.146 e. The standard InChI is InChI=1S/C11H17BrN4/c1-2-8-6-16(4-3-10(8)13)11-9(12)5-14-7-15-11/h5,7-8,10H,2-4,6,13H2,1H3. The van der Waals surface area contributed by atoms with Crippen LogP contribution in [0.25, 0.3) is 0 Å². The molecule has 0 radical (unpaired) electrons. The summed E-state index contributed by atoms with van der Waals surface area (Å²) in [6.45, 7) is 4.17. The lowest BCUT2D eigenvalue weighted by molar-refractivity contribution is 0.346. The van der Waals surface area contributed by atoms with Crippen LogP contribution in [-0.2, 0) is 0 Å². The minimum atomic E-state index is 0.335. The van der Waals surface area contributed by atoms with E-state index in [-0.39, 0.29) is 0 Å². The van der Waals surface area contributed by atoms with E-state index in [9.17, 15) is 0 Å². The zero-order chi connectivity index (χ0) is 11.5. The fraction of sp³-hybridized carbons (Fsp3) is 0.636. The molecule has 1 aliphatic heterocycles. The summed E-state index contributed by atoms with van der Waals surface area (Å²) in [4.78, 5) is 10.6. The van der Waals surface area contributed by atoms with Gasteiger partial charge in [0, 0.05) is 25.3 Å². The van der Waals surface area contributed by atoms with Crippen LogP contribution in [0.3, 0.4) is 0 Å². The van der Waals surface area contributed by atoms with Crippen molar-refractivity contribution in [3.63, 3.8) is 0 Å². The van der Waals surface area contributed by atoms with Crippen LogP contribution in [0, 0.1) is 5.92 Å². The van der Waals surface area contributed by atoms with Crippen LogP contribution >= 0.6 is 15.9 Å². The molecule has 0 bridgehead atoms. The van der Waals surface area contributed by atoms with Crippen LogP contribution < -0.4 is 10.6 Å². The number of rotatable bonds is 2. The van der Waals surface area contributed by atoms with Gasteiger partial charge in [0.2, 0.25) is 0 Å². The number of aromatic nitrogens is 2. The molecule has 88 valence electrons. The molecule has 2 rings (SSSR count). The van der Waals surface area contributed by atoms with Crippen molar-refractivity contribution in [1.29, 1.82) is 0 Å². The summed E-state index contributed by atoms with van der Waals surface area (Å²) >= 11 is 3.49. The van der Waals surface area contributed by atoms with Gasteiger partial charge in [-0.1, -0.05) is 13.3 Å². The van der Waals surface area contributed by atoms with Gasteiger partial charge in [0.25, 0.3) is 0 Å². The second kappa shape index (κ2) is 5.10. The van der Waals surface area contributed by atoms with Crippen molar-refractivity contribution in [3.05, 3.63) is 17.0 Å². The summed E-state index contributed by atoms with van der Waals surface area (Å²) in [6, 6.07) is 0.335. The highest BCUT2D eigenvalue weighted by Crippen LogP contribution is 2.27. The molecule has 2 N–H and O–H groups in total. The smallest absolute Gasteiger partial charge is 0.146 e. The first kappa shape index (κ1) is 11.8. The van der Waals surface area contributed by atoms with Crippen LogP contribution in [0.5, 0.6) is 0 Å². The van der Waals surface area contributed by atoms with E-state index in [1.54, 1.807) is 12.5 Å². The van der Waals surface area contributed by atoms with E-state index in [4.69, 9.17) is 5.73 Å². The monoisotopic (exact) mass is 284 g/mol. The third-order valence-corrected chi connectivity index (χ3v) is 3.82. The predicted molar refractivity (Wildman–Crippen MR) is 68.3 cm³/mol. The van der Waals surface area contributed by atoms with Gasteiger partial charge in [-0.25, -0.2) is 9.97 Å². The summed E-state index contributed by atoms with van der Waals surface area (Å²) < 4.78 is 0.959. The van der Waals surface area contributed by atoms with Crippen molar-refractivity contribution < 1.29 is 0 Å². The molecular weight excluding hydrogens is 268 g/mol. The molecule has 0 saturated carbocycles. The second-order valence-corrected chi connectivity index (χ2v) is 5.12. The lowest BCUT2D eigenvalue weighted by Crippen LogP contribution is -2.47. The Bertz CT molecular complexity index is 358. The molecular formula is C11H17BrN4. The Kier molecular flexibility index (Phi) is 3.76. The van der Waals surface area contributed by atoms with E-state index < -0.39 is 0 Å².